The maximum absolute atomic E-state index is 13.6. The van der Waals surface area contributed by atoms with Crippen molar-refractivity contribution in [1.82, 2.24) is 9.99 Å². The van der Waals surface area contributed by atoms with Crippen LogP contribution in [0.5, 0.6) is 0 Å². The molecule has 0 aliphatic heterocycles. The van der Waals surface area contributed by atoms with Gasteiger partial charge in [-0.1, -0.05) is 53.6 Å². The first-order valence-electron chi connectivity index (χ1n) is 12.7. The molecule has 1 N–H and O–H groups in total. The van der Waals surface area contributed by atoms with Crippen LogP contribution in [0.25, 0.3) is 5.69 Å². The average molecular weight is 543 g/mol. The predicted molar refractivity (Wildman–Crippen MR) is 157 cm³/mol. The molecule has 7 nitrogen and oxygen atoms in total. The quantitative estimate of drug-likeness (QED) is 0.230. The summed E-state index contributed by atoms with van der Waals surface area (Å²) in [5, 5.41) is 4.17. The molecule has 3 aromatic carbocycles. The Kier molecular flexibility index (Phi) is 8.06. The summed E-state index contributed by atoms with van der Waals surface area (Å²) >= 11 is 0. The van der Waals surface area contributed by atoms with Crippen molar-refractivity contribution in [3.05, 3.63) is 112 Å². The van der Waals surface area contributed by atoms with Gasteiger partial charge in [-0.25, -0.2) is 13.8 Å². The molecule has 1 heterocycles. The Balaban J connectivity index is 1.58. The summed E-state index contributed by atoms with van der Waals surface area (Å²) < 4.78 is 30.4. The fourth-order valence-electron chi connectivity index (χ4n) is 4.79. The summed E-state index contributed by atoms with van der Waals surface area (Å²) in [6, 6.07) is 21.9. The van der Waals surface area contributed by atoms with Gasteiger partial charge in [-0.05, 0) is 83.0 Å². The Labute approximate surface area is 230 Å². The molecule has 0 aliphatic carbocycles. The lowest BCUT2D eigenvalue weighted by atomic mass is 10.1. The molecule has 0 saturated carbocycles. The number of nitrogens with zero attached hydrogens (tertiary/aromatic N) is 3. The van der Waals surface area contributed by atoms with E-state index in [2.05, 4.69) is 47.1 Å². The van der Waals surface area contributed by atoms with Gasteiger partial charge in [0.25, 0.3) is 15.9 Å². The number of hydrogen-bond donors (Lipinski definition) is 1. The molecule has 0 aliphatic rings. The Bertz CT molecular complexity index is 1650. The summed E-state index contributed by atoms with van der Waals surface area (Å²) in [6.45, 7) is 11.5. The Morgan fingerprint density at radius 1 is 0.872 bits per heavy atom. The lowest BCUT2D eigenvalue weighted by Gasteiger charge is -2.25. The third-order valence-corrected chi connectivity index (χ3v) is 8.47. The maximum Gasteiger partial charge on any atom is 0.264 e. The molecule has 1 amide bonds. The van der Waals surface area contributed by atoms with Crippen molar-refractivity contribution in [3.8, 4) is 5.69 Å². The molecule has 4 rings (SSSR count). The third-order valence-electron chi connectivity index (χ3n) is 6.70. The fraction of sp³-hybridized carbons (Fsp3) is 0.226. The van der Waals surface area contributed by atoms with Gasteiger partial charge in [0.05, 0.1) is 16.8 Å². The molecule has 8 heteroatoms. The van der Waals surface area contributed by atoms with Crippen LogP contribution in [0.3, 0.4) is 0 Å². The number of aryl methyl sites for hydroxylation is 5. The number of sulfonamides is 1. The van der Waals surface area contributed by atoms with Gasteiger partial charge in [0.1, 0.15) is 6.54 Å². The standard InChI is InChI=1S/C31H34N4O3S/c1-21-12-14-29(23(3)16-21)34(39(37,38)28-10-8-7-9-11-28)20-31(36)33-32-19-27-18-25(5)35(26(27)6)30-15-13-22(2)17-24(30)4/h7-19H,20H2,1-6H3,(H,33,36)/b32-19-. The van der Waals surface area contributed by atoms with E-state index < -0.39 is 22.5 Å². The van der Waals surface area contributed by atoms with Crippen LogP contribution in [0.4, 0.5) is 5.69 Å². The van der Waals surface area contributed by atoms with Crippen LogP contribution in [0, 0.1) is 41.5 Å². The van der Waals surface area contributed by atoms with E-state index in [1.165, 1.54) is 23.3 Å². The first kappa shape index (κ1) is 27.9. The van der Waals surface area contributed by atoms with E-state index >= 15 is 0 Å². The molecule has 0 radical (unpaired) electrons. The number of anilines is 1. The summed E-state index contributed by atoms with van der Waals surface area (Å²) in [5.74, 6) is -0.547. The number of hydrogen-bond acceptors (Lipinski definition) is 4. The van der Waals surface area contributed by atoms with Crippen molar-refractivity contribution < 1.29 is 13.2 Å². The van der Waals surface area contributed by atoms with Crippen molar-refractivity contribution in [2.75, 3.05) is 10.8 Å². The van der Waals surface area contributed by atoms with E-state index in [1.54, 1.807) is 30.5 Å². The second-order valence-corrected chi connectivity index (χ2v) is 11.7. The highest BCUT2D eigenvalue weighted by molar-refractivity contribution is 7.92. The minimum absolute atomic E-state index is 0.111. The lowest BCUT2D eigenvalue weighted by molar-refractivity contribution is -0.119. The van der Waals surface area contributed by atoms with Crippen molar-refractivity contribution in [2.45, 2.75) is 46.4 Å². The topological polar surface area (TPSA) is 83.8 Å². The molecule has 0 fully saturated rings. The van der Waals surface area contributed by atoms with E-state index in [-0.39, 0.29) is 4.90 Å². The van der Waals surface area contributed by atoms with Crippen molar-refractivity contribution >= 4 is 27.8 Å². The number of hydrazone groups is 1. The van der Waals surface area contributed by atoms with Crippen LogP contribution in [0.2, 0.25) is 0 Å². The van der Waals surface area contributed by atoms with Crippen LogP contribution in [-0.2, 0) is 14.8 Å². The van der Waals surface area contributed by atoms with E-state index in [9.17, 15) is 13.2 Å². The van der Waals surface area contributed by atoms with Crippen LogP contribution in [-0.4, -0.2) is 31.7 Å². The molecule has 0 bridgehead atoms. The molecule has 1 aromatic heterocycles. The monoisotopic (exact) mass is 542 g/mol. The molecule has 0 unspecified atom stereocenters. The van der Waals surface area contributed by atoms with Crippen LogP contribution in [0.1, 0.15) is 39.2 Å². The first-order valence-corrected chi connectivity index (χ1v) is 14.2. The van der Waals surface area contributed by atoms with Gasteiger partial charge in [-0.2, -0.15) is 5.10 Å². The smallest absolute Gasteiger partial charge is 0.264 e. The van der Waals surface area contributed by atoms with Gasteiger partial charge in [-0.3, -0.25) is 9.10 Å². The average Bonchev–Trinajstić information content (AvgIpc) is 3.16. The molecule has 0 spiro atoms. The maximum atomic E-state index is 13.6. The van der Waals surface area contributed by atoms with Crippen LogP contribution < -0.4 is 9.73 Å². The van der Waals surface area contributed by atoms with E-state index in [1.807, 2.05) is 45.9 Å². The zero-order valence-corrected chi connectivity index (χ0v) is 24.0. The van der Waals surface area contributed by atoms with Gasteiger partial charge < -0.3 is 4.57 Å². The molecule has 39 heavy (non-hydrogen) atoms. The summed E-state index contributed by atoms with van der Waals surface area (Å²) in [5.41, 5.74) is 11.1. The second kappa shape index (κ2) is 11.3. The van der Waals surface area contributed by atoms with Gasteiger partial charge in [0, 0.05) is 22.6 Å². The van der Waals surface area contributed by atoms with Gasteiger partial charge in [-0.15, -0.1) is 0 Å². The van der Waals surface area contributed by atoms with Crippen LogP contribution in [0.15, 0.2) is 82.8 Å². The van der Waals surface area contributed by atoms with Crippen molar-refractivity contribution in [3.63, 3.8) is 0 Å². The summed E-state index contributed by atoms with van der Waals surface area (Å²) in [4.78, 5) is 13.1. The fourth-order valence-corrected chi connectivity index (χ4v) is 6.30. The normalized spacial score (nSPS) is 11.6. The Hall–Kier alpha value is -4.17. The highest BCUT2D eigenvalue weighted by Gasteiger charge is 2.28. The minimum Gasteiger partial charge on any atom is -0.318 e. The Morgan fingerprint density at radius 2 is 1.51 bits per heavy atom. The number of nitrogens with one attached hydrogen (secondary N) is 1. The zero-order chi connectivity index (χ0) is 28.3. The minimum atomic E-state index is -3.99. The van der Waals surface area contributed by atoms with Crippen LogP contribution >= 0.6 is 0 Å². The van der Waals surface area contributed by atoms with Gasteiger partial charge in [0.2, 0.25) is 0 Å². The molecule has 4 aromatic rings. The predicted octanol–water partition coefficient (Wildman–Crippen LogP) is 5.67. The van der Waals surface area contributed by atoms with Crippen molar-refractivity contribution in [1.29, 1.82) is 0 Å². The first-order chi connectivity index (χ1) is 18.5. The van der Waals surface area contributed by atoms with Gasteiger partial charge >= 0.3 is 0 Å². The summed E-state index contributed by atoms with van der Waals surface area (Å²) in [6.07, 6.45) is 1.59. The molecule has 202 valence electrons. The highest BCUT2D eigenvalue weighted by Crippen LogP contribution is 2.27. The number of aromatic nitrogens is 1. The third kappa shape index (κ3) is 5.96. The van der Waals surface area contributed by atoms with E-state index in [4.69, 9.17) is 0 Å². The van der Waals surface area contributed by atoms with E-state index in [0.29, 0.717) is 5.69 Å². The largest absolute Gasteiger partial charge is 0.318 e. The highest BCUT2D eigenvalue weighted by atomic mass is 32.2. The number of rotatable bonds is 8. The molecule has 0 atom stereocenters. The number of carbonyl (C=O) groups is 1. The zero-order valence-electron chi connectivity index (χ0n) is 23.2. The van der Waals surface area contributed by atoms with Crippen molar-refractivity contribution in [2.24, 2.45) is 5.10 Å². The summed E-state index contributed by atoms with van der Waals surface area (Å²) in [7, 11) is -3.99. The molecular weight excluding hydrogens is 508 g/mol. The van der Waals surface area contributed by atoms with Gasteiger partial charge in [0.15, 0.2) is 0 Å². The molecule has 0 saturated heterocycles. The Morgan fingerprint density at radius 3 is 2.15 bits per heavy atom. The lowest BCUT2D eigenvalue weighted by Crippen LogP contribution is -2.40. The second-order valence-electron chi connectivity index (χ2n) is 9.86. The number of benzene rings is 3. The molecular formula is C31H34N4O3S. The number of carbonyl (C=O) groups excluding carboxylic acids is 1. The number of amides is 1. The SMILES string of the molecule is Cc1ccc(N(CC(=O)N/N=C\c2cc(C)n(-c3ccc(C)cc3C)c2C)S(=O)(=O)c2ccccc2)c(C)c1. The van der Waals surface area contributed by atoms with E-state index in [0.717, 1.165) is 38.1 Å².